The summed E-state index contributed by atoms with van der Waals surface area (Å²) >= 11 is 0. The first kappa shape index (κ1) is 26.7. The van der Waals surface area contributed by atoms with Crippen molar-refractivity contribution in [2.24, 2.45) is 0 Å². The maximum absolute atomic E-state index is 5.94. The van der Waals surface area contributed by atoms with Gasteiger partial charge in [-0.15, -0.1) is 0 Å². The number of benzene rings is 4. The van der Waals surface area contributed by atoms with Crippen LogP contribution in [0.25, 0.3) is 22.3 Å². The van der Waals surface area contributed by atoms with Crippen LogP contribution in [0.4, 0.5) is 22.7 Å². The summed E-state index contributed by atoms with van der Waals surface area (Å²) in [5.41, 5.74) is 25.6. The predicted octanol–water partition coefficient (Wildman–Crippen LogP) is 7.24. The molecule has 4 heteroatoms. The summed E-state index contributed by atoms with van der Waals surface area (Å²) in [6.45, 7) is 8.27. The average molecular weight is 481 g/mol. The molecule has 188 valence electrons. The van der Waals surface area contributed by atoms with Gasteiger partial charge in [0.1, 0.15) is 0 Å². The lowest BCUT2D eigenvalue weighted by Crippen LogP contribution is -2.08. The van der Waals surface area contributed by atoms with Crippen molar-refractivity contribution in [2.75, 3.05) is 49.5 Å². The second-order valence-corrected chi connectivity index (χ2v) is 9.93. The molecule has 4 aromatic carbocycles. The molecule has 0 saturated carbocycles. The number of nitrogens with two attached hydrogens (primary N) is 2. The van der Waals surface area contributed by atoms with Crippen molar-refractivity contribution >= 4 is 22.7 Å². The predicted molar refractivity (Wildman–Crippen MR) is 160 cm³/mol. The molecule has 0 spiro atoms. The first-order valence-electron chi connectivity index (χ1n) is 12.3. The molecule has 0 bridgehead atoms. The zero-order valence-corrected chi connectivity index (χ0v) is 23.0. The van der Waals surface area contributed by atoms with E-state index in [0.29, 0.717) is 0 Å². The zero-order valence-electron chi connectivity index (χ0n) is 23.0. The van der Waals surface area contributed by atoms with Crippen LogP contribution < -0.4 is 21.3 Å². The van der Waals surface area contributed by atoms with Crippen LogP contribution in [0.5, 0.6) is 0 Å². The molecule has 0 heterocycles. The largest absolute Gasteiger partial charge is 0.399 e. The molecule has 4 N–H and O–H groups in total. The van der Waals surface area contributed by atoms with Gasteiger partial charge in [0.25, 0.3) is 0 Å². The van der Waals surface area contributed by atoms with Crippen LogP contribution in [0, 0.1) is 27.7 Å². The Balaban J connectivity index is 0.000000201. The summed E-state index contributed by atoms with van der Waals surface area (Å²) in [5.74, 6) is 0. The number of hydrogen-bond donors (Lipinski definition) is 2. The van der Waals surface area contributed by atoms with E-state index in [1.807, 2.05) is 26.0 Å². The highest BCUT2D eigenvalue weighted by atomic mass is 15.1. The minimum atomic E-state index is 0.848. The Morgan fingerprint density at radius 2 is 0.750 bits per heavy atom. The van der Waals surface area contributed by atoms with Crippen LogP contribution in [0.1, 0.15) is 22.3 Å². The van der Waals surface area contributed by atoms with Gasteiger partial charge in [0.2, 0.25) is 0 Å². The van der Waals surface area contributed by atoms with Gasteiger partial charge in [0, 0.05) is 50.9 Å². The standard InChI is InChI=1S/2C16H20N2/c1-17(2)15-9-5-13(6-10-15)14-7-11-16(12-8-14)18(3)4;1-9-7-15(17)11(3)5-13(9)14-6-12(4)16(18)8-10(14)2/h5-12H,1-4H3;5-8H,17-18H2,1-4H3. The number of nitrogen functional groups attached to an aromatic ring is 2. The van der Waals surface area contributed by atoms with Gasteiger partial charge in [-0.2, -0.15) is 0 Å². The fourth-order valence-electron chi connectivity index (χ4n) is 4.16. The Kier molecular flexibility index (Phi) is 8.31. The van der Waals surface area contributed by atoms with Crippen molar-refractivity contribution in [1.82, 2.24) is 0 Å². The molecule has 4 aromatic rings. The summed E-state index contributed by atoms with van der Waals surface area (Å²) < 4.78 is 0. The molecule has 0 aliphatic heterocycles. The van der Waals surface area contributed by atoms with Gasteiger partial charge >= 0.3 is 0 Å². The SMILES string of the molecule is CN(C)c1ccc(-c2ccc(N(C)C)cc2)cc1.Cc1cc(-c2cc(C)c(N)cc2C)c(C)cc1N. The highest BCUT2D eigenvalue weighted by Crippen LogP contribution is 2.32. The molecule has 0 unspecified atom stereocenters. The topological polar surface area (TPSA) is 58.5 Å². The van der Waals surface area contributed by atoms with Crippen molar-refractivity contribution < 1.29 is 0 Å². The lowest BCUT2D eigenvalue weighted by Gasteiger charge is -2.14. The molecule has 0 aliphatic rings. The highest BCUT2D eigenvalue weighted by Gasteiger charge is 2.09. The van der Waals surface area contributed by atoms with Crippen LogP contribution in [0.2, 0.25) is 0 Å². The summed E-state index contributed by atoms with van der Waals surface area (Å²) in [5, 5.41) is 0. The molecule has 0 atom stereocenters. The second-order valence-electron chi connectivity index (χ2n) is 9.93. The lowest BCUT2D eigenvalue weighted by atomic mass is 9.92. The lowest BCUT2D eigenvalue weighted by molar-refractivity contribution is 1.13. The third-order valence-electron chi connectivity index (χ3n) is 6.62. The van der Waals surface area contributed by atoms with Crippen molar-refractivity contribution in [3.8, 4) is 22.3 Å². The number of rotatable bonds is 4. The minimum Gasteiger partial charge on any atom is -0.399 e. The maximum atomic E-state index is 5.94. The quantitative estimate of drug-likeness (QED) is 0.302. The number of nitrogens with zero attached hydrogens (tertiary/aromatic N) is 2. The van der Waals surface area contributed by atoms with Crippen LogP contribution >= 0.6 is 0 Å². The van der Waals surface area contributed by atoms with E-state index in [4.69, 9.17) is 11.5 Å². The van der Waals surface area contributed by atoms with Gasteiger partial charge in [0.15, 0.2) is 0 Å². The van der Waals surface area contributed by atoms with Gasteiger partial charge in [-0.3, -0.25) is 0 Å². The van der Waals surface area contributed by atoms with Gasteiger partial charge in [-0.25, -0.2) is 0 Å². The molecule has 36 heavy (non-hydrogen) atoms. The van der Waals surface area contributed by atoms with Gasteiger partial charge in [0.05, 0.1) is 0 Å². The molecule has 0 aromatic heterocycles. The Morgan fingerprint density at radius 3 is 1.03 bits per heavy atom. The van der Waals surface area contributed by atoms with Gasteiger partial charge < -0.3 is 21.3 Å². The smallest absolute Gasteiger partial charge is 0.0361 e. The summed E-state index contributed by atoms with van der Waals surface area (Å²) in [4.78, 5) is 4.22. The number of anilines is 4. The Bertz CT molecular complexity index is 1210. The molecule has 0 amide bonds. The number of hydrogen-bond acceptors (Lipinski definition) is 4. The monoisotopic (exact) mass is 480 g/mol. The van der Waals surface area contributed by atoms with E-state index in [-0.39, 0.29) is 0 Å². The maximum Gasteiger partial charge on any atom is 0.0361 e. The molecule has 0 radical (unpaired) electrons. The first-order valence-corrected chi connectivity index (χ1v) is 12.3. The molecule has 4 rings (SSSR count). The van der Waals surface area contributed by atoms with E-state index in [2.05, 4.69) is 113 Å². The molecular weight excluding hydrogens is 440 g/mol. The third-order valence-corrected chi connectivity index (χ3v) is 6.62. The third kappa shape index (κ3) is 6.19. The van der Waals surface area contributed by atoms with E-state index in [9.17, 15) is 0 Å². The summed E-state index contributed by atoms with van der Waals surface area (Å²) in [7, 11) is 8.23. The van der Waals surface area contributed by atoms with E-state index in [1.165, 1.54) is 44.8 Å². The fraction of sp³-hybridized carbons (Fsp3) is 0.250. The second kappa shape index (κ2) is 11.2. The average Bonchev–Trinajstić information content (AvgIpc) is 2.84. The van der Waals surface area contributed by atoms with Crippen molar-refractivity contribution in [2.45, 2.75) is 27.7 Å². The zero-order chi connectivity index (χ0) is 26.6. The summed E-state index contributed by atoms with van der Waals surface area (Å²) in [6.07, 6.45) is 0. The Labute approximate surface area is 217 Å². The molecular formula is C32H40N4. The van der Waals surface area contributed by atoms with Crippen molar-refractivity contribution in [3.05, 3.63) is 95.1 Å². The van der Waals surface area contributed by atoms with E-state index >= 15 is 0 Å². The summed E-state index contributed by atoms with van der Waals surface area (Å²) in [6, 6.07) is 25.6. The Morgan fingerprint density at radius 1 is 0.444 bits per heavy atom. The molecule has 0 saturated heterocycles. The van der Waals surface area contributed by atoms with Crippen molar-refractivity contribution in [1.29, 1.82) is 0 Å². The van der Waals surface area contributed by atoms with Gasteiger partial charge in [-0.1, -0.05) is 24.3 Å². The van der Waals surface area contributed by atoms with Crippen LogP contribution in [-0.2, 0) is 0 Å². The van der Waals surface area contributed by atoms with E-state index < -0.39 is 0 Å². The number of aryl methyl sites for hydroxylation is 4. The van der Waals surface area contributed by atoms with Crippen molar-refractivity contribution in [3.63, 3.8) is 0 Å². The van der Waals surface area contributed by atoms with E-state index in [1.54, 1.807) is 0 Å². The first-order chi connectivity index (χ1) is 17.0. The highest BCUT2D eigenvalue weighted by molar-refractivity contribution is 5.76. The fourth-order valence-corrected chi connectivity index (χ4v) is 4.16. The van der Waals surface area contributed by atoms with E-state index in [0.717, 1.165) is 22.5 Å². The molecule has 0 aliphatic carbocycles. The van der Waals surface area contributed by atoms with Crippen LogP contribution in [0.15, 0.2) is 72.8 Å². The molecule has 4 nitrogen and oxygen atoms in total. The Hall–Kier alpha value is -3.92. The van der Waals surface area contributed by atoms with Crippen LogP contribution in [0.3, 0.4) is 0 Å². The molecule has 0 fully saturated rings. The minimum absolute atomic E-state index is 0.848. The normalized spacial score (nSPS) is 10.4. The van der Waals surface area contributed by atoms with Gasteiger partial charge in [-0.05, 0) is 121 Å². The van der Waals surface area contributed by atoms with Crippen LogP contribution in [-0.4, -0.2) is 28.2 Å².